The minimum Gasteiger partial charge on any atom is -0.298 e. The average molecular weight is 478 g/mol. The lowest BCUT2D eigenvalue weighted by Gasteiger charge is -2.29. The summed E-state index contributed by atoms with van der Waals surface area (Å²) in [5.74, 6) is -1.86. The fraction of sp³-hybridized carbons (Fsp3) is 0.273. The molecule has 6 nitrogen and oxygen atoms in total. The number of anilines is 1. The highest BCUT2D eigenvalue weighted by atomic mass is 32.2. The average Bonchev–Trinajstić information content (AvgIpc) is 3.24. The zero-order valence-electron chi connectivity index (χ0n) is 17.2. The fourth-order valence-electron chi connectivity index (χ4n) is 3.44. The lowest BCUT2D eigenvalue weighted by Crippen LogP contribution is -2.37. The predicted molar refractivity (Wildman–Crippen MR) is 119 cm³/mol. The van der Waals surface area contributed by atoms with Gasteiger partial charge in [0, 0.05) is 29.6 Å². The molecule has 1 amide bonds. The van der Waals surface area contributed by atoms with E-state index in [0.717, 1.165) is 36.3 Å². The van der Waals surface area contributed by atoms with E-state index in [0.29, 0.717) is 30.3 Å². The van der Waals surface area contributed by atoms with Crippen LogP contribution in [-0.4, -0.2) is 36.7 Å². The second kappa shape index (κ2) is 9.05. The Morgan fingerprint density at radius 3 is 2.44 bits per heavy atom. The molecule has 0 saturated carbocycles. The van der Waals surface area contributed by atoms with Gasteiger partial charge < -0.3 is 0 Å². The van der Waals surface area contributed by atoms with E-state index in [1.807, 2.05) is 0 Å². The highest BCUT2D eigenvalue weighted by Crippen LogP contribution is 2.27. The number of benzene rings is 2. The molecule has 0 aliphatic carbocycles. The topological polar surface area (TPSA) is 79.4 Å². The van der Waals surface area contributed by atoms with Crippen LogP contribution in [0, 0.1) is 17.6 Å². The van der Waals surface area contributed by atoms with Crippen molar-refractivity contribution in [2.45, 2.75) is 24.7 Å². The Kier molecular flexibility index (Phi) is 6.36. The first-order valence-corrected chi connectivity index (χ1v) is 12.4. The number of sulfonamides is 1. The number of hydrogen-bond donors (Lipinski definition) is 1. The van der Waals surface area contributed by atoms with Crippen molar-refractivity contribution in [3.63, 3.8) is 0 Å². The third-order valence-electron chi connectivity index (χ3n) is 5.44. The number of nitrogens with one attached hydrogen (secondary N) is 1. The molecular formula is C22H21F2N3O3S2. The Balaban J connectivity index is 1.44. The summed E-state index contributed by atoms with van der Waals surface area (Å²) >= 11 is 1.14. The first-order chi connectivity index (χ1) is 15.2. The van der Waals surface area contributed by atoms with Crippen LogP contribution in [-0.2, 0) is 10.0 Å². The lowest BCUT2D eigenvalue weighted by molar-refractivity contribution is 0.102. The number of carbonyl (C=O) groups excluding carboxylic acids is 1. The molecule has 2 aromatic carbocycles. The molecule has 0 spiro atoms. The summed E-state index contributed by atoms with van der Waals surface area (Å²) in [4.78, 5) is 16.9. The first-order valence-electron chi connectivity index (χ1n) is 10.1. The number of piperidine rings is 1. The number of aromatic nitrogens is 1. The van der Waals surface area contributed by atoms with Gasteiger partial charge in [0.05, 0.1) is 10.6 Å². The van der Waals surface area contributed by atoms with E-state index >= 15 is 0 Å². The normalized spacial score (nSPS) is 15.6. The van der Waals surface area contributed by atoms with E-state index in [1.54, 1.807) is 5.38 Å². The first kappa shape index (κ1) is 22.5. The van der Waals surface area contributed by atoms with Crippen molar-refractivity contribution in [3.8, 4) is 11.3 Å². The van der Waals surface area contributed by atoms with Gasteiger partial charge in [0.25, 0.3) is 5.91 Å². The summed E-state index contributed by atoms with van der Waals surface area (Å²) in [5.41, 5.74) is 1.07. The quantitative estimate of drug-likeness (QED) is 0.575. The number of hydrogen-bond acceptors (Lipinski definition) is 5. The molecule has 10 heteroatoms. The van der Waals surface area contributed by atoms with Gasteiger partial charge in [-0.15, -0.1) is 11.3 Å². The van der Waals surface area contributed by atoms with Crippen LogP contribution in [0.2, 0.25) is 0 Å². The Labute approximate surface area is 189 Å². The van der Waals surface area contributed by atoms with E-state index in [-0.39, 0.29) is 15.6 Å². The Bertz CT molecular complexity index is 1240. The predicted octanol–water partition coefficient (Wildman–Crippen LogP) is 4.76. The highest BCUT2D eigenvalue weighted by molar-refractivity contribution is 7.89. The van der Waals surface area contributed by atoms with Gasteiger partial charge in [0.15, 0.2) is 16.8 Å². The van der Waals surface area contributed by atoms with Crippen LogP contribution in [0.4, 0.5) is 13.9 Å². The largest absolute Gasteiger partial charge is 0.298 e. The summed E-state index contributed by atoms with van der Waals surface area (Å²) < 4.78 is 53.7. The summed E-state index contributed by atoms with van der Waals surface area (Å²) in [5, 5.41) is 4.55. The van der Waals surface area contributed by atoms with E-state index in [4.69, 9.17) is 0 Å². The van der Waals surface area contributed by atoms with Crippen molar-refractivity contribution in [2.75, 3.05) is 18.4 Å². The molecule has 4 rings (SSSR count). The molecule has 1 aliphatic heterocycles. The van der Waals surface area contributed by atoms with Gasteiger partial charge in [-0.1, -0.05) is 6.92 Å². The number of nitrogens with zero attached hydrogens (tertiary/aromatic N) is 2. The molecule has 32 heavy (non-hydrogen) atoms. The van der Waals surface area contributed by atoms with Crippen LogP contribution >= 0.6 is 11.3 Å². The van der Waals surface area contributed by atoms with Gasteiger partial charge >= 0.3 is 0 Å². The van der Waals surface area contributed by atoms with Crippen molar-refractivity contribution in [2.24, 2.45) is 5.92 Å². The van der Waals surface area contributed by atoms with Crippen molar-refractivity contribution < 1.29 is 22.0 Å². The van der Waals surface area contributed by atoms with E-state index in [9.17, 15) is 22.0 Å². The minimum atomic E-state index is -3.59. The molecule has 1 aliphatic rings. The minimum absolute atomic E-state index is 0.151. The molecule has 0 unspecified atom stereocenters. The third kappa shape index (κ3) is 4.72. The summed E-state index contributed by atoms with van der Waals surface area (Å²) in [6, 6.07) is 9.23. The molecule has 2 heterocycles. The number of halogens is 2. The molecule has 0 radical (unpaired) electrons. The van der Waals surface area contributed by atoms with Gasteiger partial charge in [0.2, 0.25) is 10.0 Å². The Morgan fingerprint density at radius 2 is 1.78 bits per heavy atom. The summed E-state index contributed by atoms with van der Waals surface area (Å²) in [7, 11) is -3.59. The van der Waals surface area contributed by atoms with E-state index in [2.05, 4.69) is 17.2 Å². The van der Waals surface area contributed by atoms with Crippen molar-refractivity contribution in [3.05, 3.63) is 65.0 Å². The standard InChI is InChI=1S/C22H21F2N3O3S2/c1-14-8-10-27(11-9-14)32(29,30)17-5-2-15(3-6-17)21(28)26-22-25-20(13-31-22)16-4-7-18(23)19(24)12-16/h2-7,12-14H,8-11H2,1H3,(H,25,26,28). The summed E-state index contributed by atoms with van der Waals surface area (Å²) in [6.07, 6.45) is 1.67. The van der Waals surface area contributed by atoms with Crippen LogP contribution in [0.3, 0.4) is 0 Å². The SMILES string of the molecule is CC1CCN(S(=O)(=O)c2ccc(C(=O)Nc3nc(-c4ccc(F)c(F)c4)cs3)cc2)CC1. The van der Waals surface area contributed by atoms with Crippen molar-refractivity contribution in [1.29, 1.82) is 0 Å². The summed E-state index contributed by atoms with van der Waals surface area (Å²) in [6.45, 7) is 3.10. The maximum Gasteiger partial charge on any atom is 0.257 e. The molecule has 3 aromatic rings. The van der Waals surface area contributed by atoms with Crippen molar-refractivity contribution >= 4 is 32.4 Å². The van der Waals surface area contributed by atoms with Crippen LogP contribution in [0.15, 0.2) is 52.7 Å². The second-order valence-electron chi connectivity index (χ2n) is 7.73. The van der Waals surface area contributed by atoms with Crippen molar-refractivity contribution in [1.82, 2.24) is 9.29 Å². The van der Waals surface area contributed by atoms with E-state index < -0.39 is 27.6 Å². The molecule has 0 bridgehead atoms. The molecule has 1 N–H and O–H groups in total. The van der Waals surface area contributed by atoms with Crippen LogP contribution in [0.25, 0.3) is 11.3 Å². The molecule has 0 atom stereocenters. The zero-order chi connectivity index (χ0) is 22.9. The molecular weight excluding hydrogens is 456 g/mol. The Morgan fingerprint density at radius 1 is 1.09 bits per heavy atom. The van der Waals surface area contributed by atoms with Crippen LogP contribution in [0.5, 0.6) is 0 Å². The van der Waals surface area contributed by atoms with Gasteiger partial charge in [-0.25, -0.2) is 22.2 Å². The highest BCUT2D eigenvalue weighted by Gasteiger charge is 2.28. The maximum absolute atomic E-state index is 13.4. The van der Waals surface area contributed by atoms with Gasteiger partial charge in [-0.3, -0.25) is 10.1 Å². The van der Waals surface area contributed by atoms with Gasteiger partial charge in [0.1, 0.15) is 0 Å². The Hall–Kier alpha value is -2.69. The maximum atomic E-state index is 13.4. The number of thiazole rings is 1. The number of rotatable bonds is 5. The van der Waals surface area contributed by atoms with E-state index in [1.165, 1.54) is 34.6 Å². The fourth-order valence-corrected chi connectivity index (χ4v) is 5.63. The third-order valence-corrected chi connectivity index (χ3v) is 8.11. The lowest BCUT2D eigenvalue weighted by atomic mass is 10.0. The molecule has 1 fully saturated rings. The van der Waals surface area contributed by atoms with Gasteiger partial charge in [-0.05, 0) is 61.2 Å². The number of carbonyl (C=O) groups is 1. The smallest absolute Gasteiger partial charge is 0.257 e. The number of amides is 1. The molecule has 168 valence electrons. The van der Waals surface area contributed by atoms with Crippen LogP contribution < -0.4 is 5.32 Å². The monoisotopic (exact) mass is 477 g/mol. The molecule has 1 aromatic heterocycles. The zero-order valence-corrected chi connectivity index (χ0v) is 18.8. The van der Waals surface area contributed by atoms with Gasteiger partial charge in [-0.2, -0.15) is 4.31 Å². The van der Waals surface area contributed by atoms with Crippen LogP contribution in [0.1, 0.15) is 30.1 Å². The second-order valence-corrected chi connectivity index (χ2v) is 10.5. The molecule has 1 saturated heterocycles.